The first kappa shape index (κ1) is 14.3. The summed E-state index contributed by atoms with van der Waals surface area (Å²) in [5.41, 5.74) is -0.452. The average molecular weight is 286 g/mol. The number of benzene rings is 2. The lowest BCUT2D eigenvalue weighted by atomic mass is 9.97. The standard InChI is InChI=1S/C14H10F4O2/c1-20-11-7-6-10(8-4-2-3-5-9(8)11)12(19)14(17,18)13(15)16/h2-7,13H,1H3. The lowest BCUT2D eigenvalue weighted by molar-refractivity contribution is -0.0957. The highest BCUT2D eigenvalue weighted by Gasteiger charge is 2.49. The summed E-state index contributed by atoms with van der Waals surface area (Å²) in [6, 6.07) is 8.50. The van der Waals surface area contributed by atoms with Crippen LogP contribution >= 0.6 is 0 Å². The molecule has 6 heteroatoms. The zero-order chi connectivity index (χ0) is 14.9. The van der Waals surface area contributed by atoms with Crippen molar-refractivity contribution in [1.82, 2.24) is 0 Å². The van der Waals surface area contributed by atoms with E-state index in [1.54, 1.807) is 12.1 Å². The van der Waals surface area contributed by atoms with Crippen LogP contribution in [0.4, 0.5) is 17.6 Å². The van der Waals surface area contributed by atoms with Crippen molar-refractivity contribution in [3.05, 3.63) is 42.0 Å². The smallest absolute Gasteiger partial charge is 0.368 e. The molecule has 0 radical (unpaired) electrons. The summed E-state index contributed by atoms with van der Waals surface area (Å²) >= 11 is 0. The Labute approximate surface area is 112 Å². The molecular weight excluding hydrogens is 276 g/mol. The molecule has 0 aliphatic carbocycles. The van der Waals surface area contributed by atoms with Crippen LogP contribution in [0.5, 0.6) is 5.75 Å². The third kappa shape index (κ3) is 2.21. The van der Waals surface area contributed by atoms with Gasteiger partial charge in [-0.2, -0.15) is 8.78 Å². The summed E-state index contributed by atoms with van der Waals surface area (Å²) in [6.45, 7) is 0. The van der Waals surface area contributed by atoms with Gasteiger partial charge in [-0.1, -0.05) is 24.3 Å². The fourth-order valence-electron chi connectivity index (χ4n) is 1.93. The Balaban J connectivity index is 2.65. The summed E-state index contributed by atoms with van der Waals surface area (Å²) < 4.78 is 56.1. The highest BCUT2D eigenvalue weighted by molar-refractivity contribution is 6.12. The molecule has 0 atom stereocenters. The van der Waals surface area contributed by atoms with Crippen molar-refractivity contribution in [3.8, 4) is 5.75 Å². The van der Waals surface area contributed by atoms with Crippen molar-refractivity contribution in [2.24, 2.45) is 0 Å². The van der Waals surface area contributed by atoms with E-state index in [0.717, 1.165) is 6.07 Å². The van der Waals surface area contributed by atoms with Gasteiger partial charge in [0, 0.05) is 10.9 Å². The molecule has 0 heterocycles. The second-order valence-corrected chi connectivity index (χ2v) is 4.11. The molecule has 0 aliphatic rings. The molecule has 2 nitrogen and oxygen atoms in total. The summed E-state index contributed by atoms with van der Waals surface area (Å²) in [5.74, 6) is -6.24. The van der Waals surface area contributed by atoms with Gasteiger partial charge in [-0.05, 0) is 17.5 Å². The maximum absolute atomic E-state index is 13.2. The molecule has 0 N–H and O–H groups in total. The molecule has 2 rings (SSSR count). The number of hydrogen-bond acceptors (Lipinski definition) is 2. The van der Waals surface area contributed by atoms with Crippen LogP contribution in [0.1, 0.15) is 10.4 Å². The van der Waals surface area contributed by atoms with Crippen LogP contribution in [0.2, 0.25) is 0 Å². The lowest BCUT2D eigenvalue weighted by Gasteiger charge is -2.16. The van der Waals surface area contributed by atoms with Crippen molar-refractivity contribution < 1.29 is 27.1 Å². The lowest BCUT2D eigenvalue weighted by Crippen LogP contribution is -2.36. The van der Waals surface area contributed by atoms with Crippen LogP contribution in [0.25, 0.3) is 10.8 Å². The number of methoxy groups -OCH3 is 1. The van der Waals surface area contributed by atoms with Gasteiger partial charge < -0.3 is 4.74 Å². The van der Waals surface area contributed by atoms with E-state index < -0.39 is 23.7 Å². The largest absolute Gasteiger partial charge is 0.496 e. The van der Waals surface area contributed by atoms with E-state index >= 15 is 0 Å². The number of ether oxygens (including phenoxy) is 1. The summed E-state index contributed by atoms with van der Waals surface area (Å²) in [6.07, 6.45) is -4.05. The van der Waals surface area contributed by atoms with E-state index in [1.807, 2.05) is 0 Å². The maximum Gasteiger partial charge on any atom is 0.368 e. The minimum atomic E-state index is -4.71. The van der Waals surface area contributed by atoms with Crippen LogP contribution in [0, 0.1) is 0 Å². The SMILES string of the molecule is COc1ccc(C(=O)C(F)(F)C(F)F)c2ccccc12. The average Bonchev–Trinajstić information content (AvgIpc) is 2.45. The second kappa shape index (κ2) is 5.11. The van der Waals surface area contributed by atoms with Crippen molar-refractivity contribution in [1.29, 1.82) is 0 Å². The number of fused-ring (bicyclic) bond motifs is 1. The van der Waals surface area contributed by atoms with Crippen LogP contribution in [0.15, 0.2) is 36.4 Å². The molecular formula is C14H10F4O2. The van der Waals surface area contributed by atoms with Gasteiger partial charge in [0.2, 0.25) is 5.78 Å². The van der Waals surface area contributed by atoms with Gasteiger partial charge in [-0.25, -0.2) is 8.78 Å². The van der Waals surface area contributed by atoms with Crippen LogP contribution in [-0.4, -0.2) is 25.2 Å². The van der Waals surface area contributed by atoms with E-state index in [0.29, 0.717) is 11.1 Å². The monoisotopic (exact) mass is 286 g/mol. The predicted molar refractivity (Wildman–Crippen MR) is 65.8 cm³/mol. The van der Waals surface area contributed by atoms with Crippen molar-refractivity contribution in [2.45, 2.75) is 12.3 Å². The number of carbonyl (C=O) groups excluding carboxylic acids is 1. The minimum absolute atomic E-state index is 0.150. The van der Waals surface area contributed by atoms with Crippen LogP contribution in [-0.2, 0) is 0 Å². The quantitative estimate of drug-likeness (QED) is 0.628. The highest BCUT2D eigenvalue weighted by Crippen LogP contribution is 2.33. The van der Waals surface area contributed by atoms with Gasteiger partial charge >= 0.3 is 12.3 Å². The number of carbonyl (C=O) groups is 1. The topological polar surface area (TPSA) is 26.3 Å². The third-order valence-corrected chi connectivity index (χ3v) is 2.93. The third-order valence-electron chi connectivity index (χ3n) is 2.93. The molecule has 0 spiro atoms. The first-order valence-electron chi connectivity index (χ1n) is 5.66. The Hall–Kier alpha value is -2.11. The molecule has 2 aromatic rings. The number of ketones is 1. The zero-order valence-corrected chi connectivity index (χ0v) is 10.4. The van der Waals surface area contributed by atoms with Gasteiger partial charge in [0.1, 0.15) is 5.75 Å². The number of alkyl halides is 4. The molecule has 0 saturated heterocycles. The number of hydrogen-bond donors (Lipinski definition) is 0. The van der Waals surface area contributed by atoms with Crippen molar-refractivity contribution in [3.63, 3.8) is 0 Å². The Morgan fingerprint density at radius 1 is 1.10 bits per heavy atom. The number of Topliss-reactive ketones (excluding diaryl/α,β-unsaturated/α-hetero) is 1. The van der Waals surface area contributed by atoms with Gasteiger partial charge in [-0.3, -0.25) is 4.79 Å². The van der Waals surface area contributed by atoms with Gasteiger partial charge in [0.05, 0.1) is 7.11 Å². The molecule has 0 amide bonds. The van der Waals surface area contributed by atoms with Gasteiger partial charge in [-0.15, -0.1) is 0 Å². The zero-order valence-electron chi connectivity index (χ0n) is 10.4. The van der Waals surface area contributed by atoms with E-state index in [2.05, 4.69) is 0 Å². The fourth-order valence-corrected chi connectivity index (χ4v) is 1.93. The number of rotatable bonds is 4. The van der Waals surface area contributed by atoms with Crippen molar-refractivity contribution >= 4 is 16.6 Å². The molecule has 0 unspecified atom stereocenters. The Bertz CT molecular complexity index is 653. The predicted octanol–water partition coefficient (Wildman–Crippen LogP) is 3.93. The Morgan fingerprint density at radius 3 is 2.25 bits per heavy atom. The first-order chi connectivity index (χ1) is 9.39. The maximum atomic E-state index is 13.2. The summed E-state index contributed by atoms with van der Waals surface area (Å²) in [7, 11) is 1.39. The molecule has 0 aliphatic heterocycles. The Morgan fingerprint density at radius 2 is 1.70 bits per heavy atom. The van der Waals surface area contributed by atoms with E-state index in [4.69, 9.17) is 4.74 Å². The van der Waals surface area contributed by atoms with Crippen molar-refractivity contribution in [2.75, 3.05) is 7.11 Å². The number of halogens is 4. The molecule has 2 aromatic carbocycles. The van der Waals surface area contributed by atoms with Crippen LogP contribution < -0.4 is 4.74 Å². The summed E-state index contributed by atoms with van der Waals surface area (Å²) in [4.78, 5) is 11.7. The normalized spacial score (nSPS) is 11.9. The molecule has 0 fully saturated rings. The van der Waals surface area contributed by atoms with E-state index in [9.17, 15) is 22.4 Å². The van der Waals surface area contributed by atoms with Gasteiger partial charge in [0.15, 0.2) is 0 Å². The van der Waals surface area contributed by atoms with Crippen LogP contribution in [0.3, 0.4) is 0 Å². The molecule has 20 heavy (non-hydrogen) atoms. The molecule has 0 bridgehead atoms. The molecule has 106 valence electrons. The molecule has 0 saturated carbocycles. The first-order valence-corrected chi connectivity index (χ1v) is 5.66. The summed E-state index contributed by atoms with van der Waals surface area (Å²) in [5, 5.41) is 0.558. The van der Waals surface area contributed by atoms with E-state index in [-0.39, 0.29) is 5.39 Å². The fraction of sp³-hybridized carbons (Fsp3) is 0.214. The Kier molecular flexibility index (Phi) is 3.65. The molecule has 0 aromatic heterocycles. The van der Waals surface area contributed by atoms with Gasteiger partial charge in [0.25, 0.3) is 0 Å². The highest BCUT2D eigenvalue weighted by atomic mass is 19.3. The minimum Gasteiger partial charge on any atom is -0.496 e. The van der Waals surface area contributed by atoms with E-state index in [1.165, 1.54) is 25.3 Å². The second-order valence-electron chi connectivity index (χ2n) is 4.11.